The van der Waals surface area contributed by atoms with Crippen LogP contribution in [0, 0.1) is 12.3 Å². The van der Waals surface area contributed by atoms with E-state index < -0.39 is 0 Å². The third kappa shape index (κ3) is 3.76. The van der Waals surface area contributed by atoms with E-state index in [2.05, 4.69) is 10.2 Å². The molecule has 1 aromatic carbocycles. The summed E-state index contributed by atoms with van der Waals surface area (Å²) in [7, 11) is 1.52. The quantitative estimate of drug-likeness (QED) is 0.781. The molecule has 0 bridgehead atoms. The van der Waals surface area contributed by atoms with Crippen LogP contribution < -0.4 is 0 Å². The zero-order valence-corrected chi connectivity index (χ0v) is 16.8. The van der Waals surface area contributed by atoms with Gasteiger partial charge < -0.3 is 19.0 Å². The Hall–Kier alpha value is -2.74. The molecule has 2 fully saturated rings. The first-order valence-electron chi connectivity index (χ1n) is 9.93. The maximum Gasteiger partial charge on any atom is 0.253 e. The summed E-state index contributed by atoms with van der Waals surface area (Å²) in [5, 5.41) is 8.24. The SMILES string of the molecule is COCC(=O)N1CC(c2nnc(C)o2)C2(CCN(C(=O)c3ccccc3)CC2)C1. The van der Waals surface area contributed by atoms with Crippen molar-refractivity contribution in [2.75, 3.05) is 39.9 Å². The van der Waals surface area contributed by atoms with Gasteiger partial charge in [-0.25, -0.2) is 0 Å². The lowest BCUT2D eigenvalue weighted by molar-refractivity contribution is -0.134. The van der Waals surface area contributed by atoms with E-state index in [-0.39, 0.29) is 29.8 Å². The molecule has 1 unspecified atom stereocenters. The summed E-state index contributed by atoms with van der Waals surface area (Å²) >= 11 is 0. The highest BCUT2D eigenvalue weighted by molar-refractivity contribution is 5.94. The number of aryl methyl sites for hydroxylation is 1. The Bertz CT molecular complexity index is 874. The number of methoxy groups -OCH3 is 1. The van der Waals surface area contributed by atoms with Crippen molar-refractivity contribution >= 4 is 11.8 Å². The number of benzene rings is 1. The lowest BCUT2D eigenvalue weighted by Gasteiger charge is -2.41. The molecule has 1 spiro atoms. The number of hydrogen-bond acceptors (Lipinski definition) is 6. The van der Waals surface area contributed by atoms with Crippen LogP contribution in [-0.2, 0) is 9.53 Å². The van der Waals surface area contributed by atoms with Crippen LogP contribution in [0.25, 0.3) is 0 Å². The summed E-state index contributed by atoms with van der Waals surface area (Å²) < 4.78 is 10.8. The summed E-state index contributed by atoms with van der Waals surface area (Å²) in [6, 6.07) is 9.35. The summed E-state index contributed by atoms with van der Waals surface area (Å²) in [5.74, 6) is 1.09. The molecule has 4 rings (SSSR count). The van der Waals surface area contributed by atoms with Crippen LogP contribution >= 0.6 is 0 Å². The number of nitrogens with zero attached hydrogens (tertiary/aromatic N) is 4. The van der Waals surface area contributed by atoms with Gasteiger partial charge in [0.25, 0.3) is 5.91 Å². The highest BCUT2D eigenvalue weighted by Crippen LogP contribution is 2.49. The minimum Gasteiger partial charge on any atom is -0.425 e. The van der Waals surface area contributed by atoms with Crippen LogP contribution in [0.2, 0.25) is 0 Å². The Morgan fingerprint density at radius 2 is 1.90 bits per heavy atom. The number of ether oxygens (including phenoxy) is 1. The first-order valence-corrected chi connectivity index (χ1v) is 9.93. The van der Waals surface area contributed by atoms with E-state index >= 15 is 0 Å². The summed E-state index contributed by atoms with van der Waals surface area (Å²) in [4.78, 5) is 29.0. The van der Waals surface area contributed by atoms with Gasteiger partial charge in [-0.2, -0.15) is 0 Å². The number of piperidine rings is 1. The Kier molecular flexibility index (Phi) is 5.36. The summed E-state index contributed by atoms with van der Waals surface area (Å²) in [6.07, 6.45) is 1.57. The van der Waals surface area contributed by atoms with E-state index in [4.69, 9.17) is 9.15 Å². The fourth-order valence-electron chi connectivity index (χ4n) is 4.59. The maximum absolute atomic E-state index is 12.8. The summed E-state index contributed by atoms with van der Waals surface area (Å²) in [6.45, 7) is 4.27. The van der Waals surface area contributed by atoms with Crippen molar-refractivity contribution in [2.45, 2.75) is 25.7 Å². The molecule has 1 atom stereocenters. The van der Waals surface area contributed by atoms with E-state index in [1.54, 1.807) is 6.92 Å². The van der Waals surface area contributed by atoms with Crippen molar-refractivity contribution in [2.24, 2.45) is 5.41 Å². The monoisotopic (exact) mass is 398 g/mol. The molecule has 8 heteroatoms. The molecule has 3 heterocycles. The Balaban J connectivity index is 1.53. The van der Waals surface area contributed by atoms with Gasteiger partial charge in [0, 0.05) is 51.2 Å². The zero-order chi connectivity index (χ0) is 20.4. The number of carbonyl (C=O) groups is 2. The molecule has 2 aliphatic rings. The number of likely N-dealkylation sites (tertiary alicyclic amines) is 2. The first kappa shape index (κ1) is 19.6. The normalized spacial score (nSPS) is 21.0. The number of rotatable bonds is 4. The van der Waals surface area contributed by atoms with Crippen LogP contribution in [0.3, 0.4) is 0 Å². The number of carbonyl (C=O) groups excluding carboxylic acids is 2. The molecule has 154 valence electrons. The average Bonchev–Trinajstić information content (AvgIpc) is 3.33. The number of amides is 2. The zero-order valence-electron chi connectivity index (χ0n) is 16.8. The van der Waals surface area contributed by atoms with E-state index in [0.717, 1.165) is 12.8 Å². The predicted octanol–water partition coefficient (Wildman–Crippen LogP) is 1.87. The Morgan fingerprint density at radius 1 is 1.17 bits per heavy atom. The van der Waals surface area contributed by atoms with Crippen molar-refractivity contribution in [3.63, 3.8) is 0 Å². The minimum absolute atomic E-state index is 0.0292. The van der Waals surface area contributed by atoms with E-state index in [1.807, 2.05) is 40.1 Å². The molecule has 0 saturated carbocycles. The second-order valence-corrected chi connectivity index (χ2v) is 7.94. The van der Waals surface area contributed by atoms with E-state index in [9.17, 15) is 9.59 Å². The number of hydrogen-bond donors (Lipinski definition) is 0. The van der Waals surface area contributed by atoms with Gasteiger partial charge in [0.1, 0.15) is 6.61 Å². The van der Waals surface area contributed by atoms with Crippen molar-refractivity contribution in [3.05, 3.63) is 47.7 Å². The molecule has 2 amide bonds. The first-order chi connectivity index (χ1) is 14.0. The fourth-order valence-corrected chi connectivity index (χ4v) is 4.59. The molecule has 1 aromatic heterocycles. The van der Waals surface area contributed by atoms with E-state index in [1.165, 1.54) is 7.11 Å². The average molecular weight is 398 g/mol. The van der Waals surface area contributed by atoms with Gasteiger partial charge in [0.05, 0.1) is 5.92 Å². The van der Waals surface area contributed by atoms with Crippen LogP contribution in [0.15, 0.2) is 34.7 Å². The van der Waals surface area contributed by atoms with Crippen LogP contribution in [0.4, 0.5) is 0 Å². The van der Waals surface area contributed by atoms with Gasteiger partial charge in [-0.15, -0.1) is 10.2 Å². The molecular weight excluding hydrogens is 372 g/mol. The second-order valence-electron chi connectivity index (χ2n) is 7.94. The van der Waals surface area contributed by atoms with Gasteiger partial charge in [-0.05, 0) is 25.0 Å². The van der Waals surface area contributed by atoms with Crippen molar-refractivity contribution in [1.82, 2.24) is 20.0 Å². The van der Waals surface area contributed by atoms with Gasteiger partial charge in [0.15, 0.2) is 0 Å². The van der Waals surface area contributed by atoms with Crippen molar-refractivity contribution in [3.8, 4) is 0 Å². The maximum atomic E-state index is 12.8. The molecular formula is C21H26N4O4. The Labute approximate surface area is 169 Å². The molecule has 0 radical (unpaired) electrons. The largest absolute Gasteiger partial charge is 0.425 e. The summed E-state index contributed by atoms with van der Waals surface area (Å²) in [5.41, 5.74) is 0.534. The van der Waals surface area contributed by atoms with Gasteiger partial charge >= 0.3 is 0 Å². The molecule has 8 nitrogen and oxygen atoms in total. The molecule has 0 aliphatic carbocycles. The third-order valence-electron chi connectivity index (χ3n) is 6.18. The van der Waals surface area contributed by atoms with Crippen molar-refractivity contribution in [1.29, 1.82) is 0 Å². The predicted molar refractivity (Wildman–Crippen MR) is 104 cm³/mol. The molecule has 2 saturated heterocycles. The lowest BCUT2D eigenvalue weighted by atomic mass is 9.70. The Morgan fingerprint density at radius 3 is 2.52 bits per heavy atom. The molecule has 2 aromatic rings. The fraction of sp³-hybridized carbons (Fsp3) is 0.524. The molecule has 2 aliphatic heterocycles. The van der Waals surface area contributed by atoms with Crippen LogP contribution in [0.5, 0.6) is 0 Å². The van der Waals surface area contributed by atoms with Crippen LogP contribution in [0.1, 0.15) is 40.9 Å². The van der Waals surface area contributed by atoms with Crippen molar-refractivity contribution < 1.29 is 18.7 Å². The second kappa shape index (κ2) is 7.94. The third-order valence-corrected chi connectivity index (χ3v) is 6.18. The lowest BCUT2D eigenvalue weighted by Crippen LogP contribution is -2.46. The highest BCUT2D eigenvalue weighted by Gasteiger charge is 2.52. The smallest absolute Gasteiger partial charge is 0.253 e. The molecule has 0 N–H and O–H groups in total. The number of aromatic nitrogens is 2. The van der Waals surface area contributed by atoms with Gasteiger partial charge in [-0.3, -0.25) is 9.59 Å². The van der Waals surface area contributed by atoms with Gasteiger partial charge in [-0.1, -0.05) is 18.2 Å². The molecule has 29 heavy (non-hydrogen) atoms. The van der Waals surface area contributed by atoms with Crippen LogP contribution in [-0.4, -0.2) is 71.7 Å². The van der Waals surface area contributed by atoms with Gasteiger partial charge in [0.2, 0.25) is 17.7 Å². The topological polar surface area (TPSA) is 88.8 Å². The minimum atomic E-state index is -0.171. The van der Waals surface area contributed by atoms with E-state index in [0.29, 0.717) is 43.5 Å². The highest BCUT2D eigenvalue weighted by atomic mass is 16.5. The standard InChI is InChI=1S/C21H26N4O4/c1-15-22-23-19(29-15)17-12-25(18(26)13-28-2)14-21(17)8-10-24(11-9-21)20(27)16-6-4-3-5-7-16/h3-7,17H,8-14H2,1-2H3.